The first-order chi connectivity index (χ1) is 11.1. The van der Waals surface area contributed by atoms with Crippen LogP contribution >= 0.6 is 12.2 Å². The number of hydrogen-bond acceptors (Lipinski definition) is 4. The smallest absolute Gasteiger partial charge is 0.184 e. The molecule has 3 N–H and O–H groups in total. The van der Waals surface area contributed by atoms with Gasteiger partial charge in [-0.2, -0.15) is 5.10 Å². The molecule has 0 fully saturated rings. The second-order valence-electron chi connectivity index (χ2n) is 4.89. The van der Waals surface area contributed by atoms with E-state index in [1.54, 1.807) is 13.3 Å². The van der Waals surface area contributed by atoms with Crippen molar-refractivity contribution in [1.29, 1.82) is 0 Å². The van der Waals surface area contributed by atoms with Crippen LogP contribution in [0.25, 0.3) is 0 Å². The number of benzene rings is 2. The topological polar surface area (TPSA) is 68.9 Å². The predicted molar refractivity (Wildman–Crippen MR) is 96.0 cm³/mol. The molecule has 6 heteroatoms. The van der Waals surface area contributed by atoms with Crippen molar-refractivity contribution in [2.45, 2.75) is 13.5 Å². The Labute approximate surface area is 141 Å². The van der Waals surface area contributed by atoms with E-state index in [0.717, 1.165) is 11.1 Å². The highest BCUT2D eigenvalue weighted by molar-refractivity contribution is 7.80. The van der Waals surface area contributed by atoms with E-state index in [4.69, 9.17) is 27.4 Å². The summed E-state index contributed by atoms with van der Waals surface area (Å²) in [5, 5.41) is 4.07. The van der Waals surface area contributed by atoms with Crippen molar-refractivity contribution < 1.29 is 9.47 Å². The van der Waals surface area contributed by atoms with Gasteiger partial charge in [-0.3, -0.25) is 5.43 Å². The highest BCUT2D eigenvalue weighted by Gasteiger charge is 2.09. The van der Waals surface area contributed by atoms with Crippen molar-refractivity contribution in [3.05, 3.63) is 59.2 Å². The normalized spacial score (nSPS) is 10.5. The average Bonchev–Trinajstić information content (AvgIpc) is 2.53. The molecule has 0 amide bonds. The van der Waals surface area contributed by atoms with E-state index in [1.807, 2.05) is 43.3 Å². The Morgan fingerprint density at radius 2 is 2.09 bits per heavy atom. The summed E-state index contributed by atoms with van der Waals surface area (Å²) in [6, 6.07) is 13.7. The highest BCUT2D eigenvalue weighted by atomic mass is 32.1. The summed E-state index contributed by atoms with van der Waals surface area (Å²) in [6.07, 6.45) is 1.59. The first kappa shape index (κ1) is 16.8. The molecule has 2 rings (SSSR count). The number of hydrazone groups is 1. The van der Waals surface area contributed by atoms with Gasteiger partial charge in [-0.05, 0) is 36.8 Å². The number of aryl methyl sites for hydroxylation is 1. The maximum Gasteiger partial charge on any atom is 0.184 e. The molecule has 0 aliphatic heterocycles. The molecule has 2 aromatic rings. The molecule has 0 saturated carbocycles. The van der Waals surface area contributed by atoms with E-state index in [2.05, 4.69) is 16.6 Å². The maximum atomic E-state index is 5.95. The van der Waals surface area contributed by atoms with Crippen LogP contribution in [0.4, 0.5) is 0 Å². The SMILES string of the molecule is COc1cccc(/C=N/NC(N)=S)c1OCc1cccc(C)c1. The quantitative estimate of drug-likeness (QED) is 0.484. The summed E-state index contributed by atoms with van der Waals surface area (Å²) in [7, 11) is 1.60. The third kappa shape index (κ3) is 4.96. The van der Waals surface area contributed by atoms with Gasteiger partial charge in [0, 0.05) is 5.56 Å². The van der Waals surface area contributed by atoms with E-state index >= 15 is 0 Å². The van der Waals surface area contributed by atoms with E-state index < -0.39 is 0 Å². The maximum absolute atomic E-state index is 5.95. The van der Waals surface area contributed by atoms with Gasteiger partial charge in [-0.25, -0.2) is 0 Å². The third-order valence-electron chi connectivity index (χ3n) is 3.07. The monoisotopic (exact) mass is 329 g/mol. The second kappa shape index (κ2) is 8.14. The predicted octanol–water partition coefficient (Wildman–Crippen LogP) is 2.75. The minimum absolute atomic E-state index is 0.103. The van der Waals surface area contributed by atoms with E-state index in [9.17, 15) is 0 Å². The molecular formula is C17H19N3O2S. The molecule has 0 atom stereocenters. The summed E-state index contributed by atoms with van der Waals surface area (Å²) in [6.45, 7) is 2.48. The summed E-state index contributed by atoms with van der Waals surface area (Å²) in [5.41, 5.74) is 10.9. The number of thiocarbonyl (C=S) groups is 1. The lowest BCUT2D eigenvalue weighted by Gasteiger charge is -2.13. The van der Waals surface area contributed by atoms with Crippen molar-refractivity contribution in [1.82, 2.24) is 5.43 Å². The third-order valence-corrected chi connectivity index (χ3v) is 3.16. The van der Waals surface area contributed by atoms with Gasteiger partial charge in [-0.1, -0.05) is 35.9 Å². The minimum Gasteiger partial charge on any atom is -0.493 e. The Bertz CT molecular complexity index is 717. The molecule has 0 aliphatic rings. The molecule has 0 saturated heterocycles. The summed E-state index contributed by atoms with van der Waals surface area (Å²) >= 11 is 4.72. The van der Waals surface area contributed by atoms with Crippen LogP contribution in [-0.4, -0.2) is 18.4 Å². The lowest BCUT2D eigenvalue weighted by molar-refractivity contribution is 0.284. The number of hydrogen-bond donors (Lipinski definition) is 2. The zero-order valence-electron chi connectivity index (χ0n) is 13.1. The number of rotatable bonds is 6. The molecule has 120 valence electrons. The summed E-state index contributed by atoms with van der Waals surface area (Å²) < 4.78 is 11.3. The first-order valence-electron chi connectivity index (χ1n) is 7.04. The Hall–Kier alpha value is -2.60. The average molecular weight is 329 g/mol. The van der Waals surface area contributed by atoms with Gasteiger partial charge in [0.2, 0.25) is 0 Å². The van der Waals surface area contributed by atoms with E-state index in [-0.39, 0.29) is 5.11 Å². The number of methoxy groups -OCH3 is 1. The van der Waals surface area contributed by atoms with Gasteiger partial charge in [0.15, 0.2) is 16.6 Å². The lowest BCUT2D eigenvalue weighted by Crippen LogP contribution is -2.24. The van der Waals surface area contributed by atoms with Crippen LogP contribution < -0.4 is 20.6 Å². The first-order valence-corrected chi connectivity index (χ1v) is 7.45. The Morgan fingerprint density at radius 3 is 2.78 bits per heavy atom. The van der Waals surface area contributed by atoms with Crippen molar-refractivity contribution >= 4 is 23.5 Å². The van der Waals surface area contributed by atoms with Gasteiger partial charge in [0.1, 0.15) is 6.61 Å². The molecule has 0 radical (unpaired) electrons. The van der Waals surface area contributed by atoms with Gasteiger partial charge < -0.3 is 15.2 Å². The lowest BCUT2D eigenvalue weighted by atomic mass is 10.1. The van der Waals surface area contributed by atoms with E-state index in [0.29, 0.717) is 18.1 Å². The van der Waals surface area contributed by atoms with Gasteiger partial charge in [0.05, 0.1) is 13.3 Å². The molecule has 23 heavy (non-hydrogen) atoms. The van der Waals surface area contributed by atoms with Crippen LogP contribution in [0.15, 0.2) is 47.6 Å². The summed E-state index contributed by atoms with van der Waals surface area (Å²) in [5.74, 6) is 1.25. The Kier molecular flexibility index (Phi) is 5.94. The molecule has 0 bridgehead atoms. The van der Waals surface area contributed by atoms with E-state index in [1.165, 1.54) is 5.56 Å². The van der Waals surface area contributed by atoms with Crippen molar-refractivity contribution in [2.75, 3.05) is 7.11 Å². The number of ether oxygens (including phenoxy) is 2. The highest BCUT2D eigenvalue weighted by Crippen LogP contribution is 2.30. The molecule has 2 aromatic carbocycles. The fourth-order valence-corrected chi connectivity index (χ4v) is 2.13. The zero-order valence-corrected chi connectivity index (χ0v) is 13.9. The van der Waals surface area contributed by atoms with Crippen LogP contribution in [0, 0.1) is 6.92 Å². The largest absolute Gasteiger partial charge is 0.493 e. The van der Waals surface area contributed by atoms with Crippen LogP contribution in [0.2, 0.25) is 0 Å². The fourth-order valence-electron chi connectivity index (χ4n) is 2.07. The van der Waals surface area contributed by atoms with Gasteiger partial charge in [0.25, 0.3) is 0 Å². The molecule has 0 aromatic heterocycles. The van der Waals surface area contributed by atoms with Crippen LogP contribution in [0.3, 0.4) is 0 Å². The minimum atomic E-state index is 0.103. The Morgan fingerprint density at radius 1 is 1.30 bits per heavy atom. The number of para-hydroxylation sites is 1. The van der Waals surface area contributed by atoms with Crippen molar-refractivity contribution in [3.8, 4) is 11.5 Å². The fraction of sp³-hybridized carbons (Fsp3) is 0.176. The number of nitrogens with zero attached hydrogens (tertiary/aromatic N) is 1. The number of nitrogens with two attached hydrogens (primary N) is 1. The Balaban J connectivity index is 2.21. The van der Waals surface area contributed by atoms with Crippen molar-refractivity contribution in [2.24, 2.45) is 10.8 Å². The molecule has 0 aliphatic carbocycles. The van der Waals surface area contributed by atoms with Crippen molar-refractivity contribution in [3.63, 3.8) is 0 Å². The summed E-state index contributed by atoms with van der Waals surface area (Å²) in [4.78, 5) is 0. The molecular weight excluding hydrogens is 310 g/mol. The molecule has 5 nitrogen and oxygen atoms in total. The van der Waals surface area contributed by atoms with Crippen LogP contribution in [0.5, 0.6) is 11.5 Å². The van der Waals surface area contributed by atoms with Gasteiger partial charge in [-0.15, -0.1) is 0 Å². The molecule has 0 unspecified atom stereocenters. The van der Waals surface area contributed by atoms with Gasteiger partial charge >= 0.3 is 0 Å². The second-order valence-corrected chi connectivity index (χ2v) is 5.33. The molecule has 0 spiro atoms. The van der Waals surface area contributed by atoms with Crippen LogP contribution in [-0.2, 0) is 6.61 Å². The number of nitrogens with one attached hydrogen (secondary N) is 1. The van der Waals surface area contributed by atoms with Crippen LogP contribution in [0.1, 0.15) is 16.7 Å². The standard InChI is InChI=1S/C17H19N3O2S/c1-12-5-3-6-13(9-12)11-22-16-14(10-19-20-17(18)23)7-4-8-15(16)21-2/h3-10H,11H2,1-2H3,(H3,18,20,23)/b19-10+. The zero-order chi connectivity index (χ0) is 16.7. The molecule has 0 heterocycles.